The van der Waals surface area contributed by atoms with Crippen LogP contribution in [0.4, 0.5) is 5.69 Å². The minimum Gasteiger partial charge on any atom is -0.397 e. The topological polar surface area (TPSA) is 51.8 Å². The van der Waals surface area contributed by atoms with Crippen molar-refractivity contribution in [2.24, 2.45) is 0 Å². The number of nitrogens with zero attached hydrogens (tertiary/aromatic N) is 2. The van der Waals surface area contributed by atoms with Crippen LogP contribution >= 0.6 is 11.3 Å². The maximum atomic E-state index is 5.88. The monoisotopic (exact) mass is 179 g/mol. The Balaban J connectivity index is 2.78. The van der Waals surface area contributed by atoms with E-state index in [0.29, 0.717) is 0 Å². The van der Waals surface area contributed by atoms with Gasteiger partial charge in [-0.3, -0.25) is 0 Å². The van der Waals surface area contributed by atoms with E-state index in [9.17, 15) is 0 Å². The lowest BCUT2D eigenvalue weighted by molar-refractivity contribution is 1.19. The molecular weight excluding hydrogens is 170 g/mol. The molecule has 2 heterocycles. The normalized spacial score (nSPS) is 10.8. The molecule has 62 valence electrons. The van der Waals surface area contributed by atoms with Crippen LogP contribution < -0.4 is 5.73 Å². The van der Waals surface area contributed by atoms with Gasteiger partial charge in [0.2, 0.25) is 0 Å². The fourth-order valence-electron chi connectivity index (χ4n) is 1.17. The van der Waals surface area contributed by atoms with E-state index < -0.39 is 0 Å². The van der Waals surface area contributed by atoms with E-state index in [1.54, 1.807) is 23.9 Å². The summed E-state index contributed by atoms with van der Waals surface area (Å²) in [5, 5.41) is 0.986. The lowest BCUT2D eigenvalue weighted by Crippen LogP contribution is -1.87. The van der Waals surface area contributed by atoms with Gasteiger partial charge in [0.25, 0.3) is 0 Å². The van der Waals surface area contributed by atoms with Crippen molar-refractivity contribution >= 4 is 27.2 Å². The Kier molecular flexibility index (Phi) is 1.69. The first-order valence-corrected chi connectivity index (χ1v) is 4.61. The Morgan fingerprint density at radius 1 is 1.58 bits per heavy atom. The molecule has 0 atom stereocenters. The second-order valence-corrected chi connectivity index (χ2v) is 3.62. The van der Waals surface area contributed by atoms with Crippen LogP contribution in [0.2, 0.25) is 0 Å². The molecule has 4 heteroatoms. The zero-order valence-corrected chi connectivity index (χ0v) is 7.56. The molecule has 2 N–H and O–H groups in total. The number of hydrogen-bond acceptors (Lipinski definition) is 4. The van der Waals surface area contributed by atoms with Crippen LogP contribution in [0.3, 0.4) is 0 Å². The van der Waals surface area contributed by atoms with Crippen molar-refractivity contribution in [3.63, 3.8) is 0 Å². The number of nitrogens with two attached hydrogens (primary N) is 1. The van der Waals surface area contributed by atoms with Gasteiger partial charge >= 0.3 is 0 Å². The maximum absolute atomic E-state index is 5.88. The molecule has 0 amide bonds. The van der Waals surface area contributed by atoms with E-state index in [1.807, 2.05) is 0 Å². The summed E-state index contributed by atoms with van der Waals surface area (Å²) in [6.07, 6.45) is 4.29. The van der Waals surface area contributed by atoms with Crippen molar-refractivity contribution in [2.75, 3.05) is 5.73 Å². The van der Waals surface area contributed by atoms with Crippen LogP contribution in [0.25, 0.3) is 10.2 Å². The van der Waals surface area contributed by atoms with E-state index in [4.69, 9.17) is 5.73 Å². The van der Waals surface area contributed by atoms with Gasteiger partial charge in [0.05, 0.1) is 11.1 Å². The molecule has 0 aromatic carbocycles. The van der Waals surface area contributed by atoms with Crippen molar-refractivity contribution < 1.29 is 0 Å². The second kappa shape index (κ2) is 2.71. The summed E-state index contributed by atoms with van der Waals surface area (Å²) in [6, 6.07) is 0. The van der Waals surface area contributed by atoms with Gasteiger partial charge in [-0.2, -0.15) is 0 Å². The Bertz CT molecular complexity index is 408. The van der Waals surface area contributed by atoms with E-state index in [2.05, 4.69) is 16.9 Å². The van der Waals surface area contributed by atoms with Gasteiger partial charge in [0, 0.05) is 11.1 Å². The van der Waals surface area contributed by atoms with Gasteiger partial charge < -0.3 is 5.73 Å². The van der Waals surface area contributed by atoms with Crippen LogP contribution in [0.5, 0.6) is 0 Å². The molecule has 2 aromatic rings. The average Bonchev–Trinajstić information content (AvgIpc) is 2.44. The molecule has 0 radical (unpaired) electrons. The molecule has 0 aliphatic rings. The van der Waals surface area contributed by atoms with Crippen molar-refractivity contribution in [3.05, 3.63) is 17.4 Å². The Hall–Kier alpha value is -1.16. The van der Waals surface area contributed by atoms with Crippen LogP contribution in [0.1, 0.15) is 11.8 Å². The molecule has 0 aliphatic carbocycles. The SMILES string of the molecule is CCc1sc2ncncc2c1N. The summed E-state index contributed by atoms with van der Waals surface area (Å²) >= 11 is 1.65. The minimum atomic E-state index is 0.845. The predicted molar refractivity (Wildman–Crippen MR) is 51.2 cm³/mol. The summed E-state index contributed by atoms with van der Waals surface area (Å²) in [4.78, 5) is 10.3. The number of rotatable bonds is 1. The Labute approximate surface area is 74.3 Å². The lowest BCUT2D eigenvalue weighted by atomic mass is 10.3. The van der Waals surface area contributed by atoms with E-state index >= 15 is 0 Å². The summed E-state index contributed by atoms with van der Waals surface area (Å²) in [5.74, 6) is 0. The van der Waals surface area contributed by atoms with E-state index in [1.165, 1.54) is 4.88 Å². The number of nitrogen functional groups attached to an aromatic ring is 1. The molecule has 0 spiro atoms. The third-order valence-corrected chi connectivity index (χ3v) is 3.08. The number of hydrogen-bond donors (Lipinski definition) is 1. The van der Waals surface area contributed by atoms with Gasteiger partial charge in [0.15, 0.2) is 0 Å². The smallest absolute Gasteiger partial charge is 0.129 e. The third kappa shape index (κ3) is 0.956. The third-order valence-electron chi connectivity index (χ3n) is 1.81. The first kappa shape index (κ1) is 7.49. The van der Waals surface area contributed by atoms with Crippen LogP contribution in [0, 0.1) is 0 Å². The molecule has 0 unspecified atom stereocenters. The molecule has 3 nitrogen and oxygen atoms in total. The molecule has 0 saturated heterocycles. The first-order valence-electron chi connectivity index (χ1n) is 3.79. The summed E-state index contributed by atoms with van der Waals surface area (Å²) in [5.41, 5.74) is 6.73. The number of thiophene rings is 1. The molecule has 0 aliphatic heterocycles. The molecule has 0 bridgehead atoms. The number of anilines is 1. The Morgan fingerprint density at radius 2 is 2.42 bits per heavy atom. The van der Waals surface area contributed by atoms with E-state index in [-0.39, 0.29) is 0 Å². The molecule has 0 fully saturated rings. The molecule has 0 saturated carbocycles. The van der Waals surface area contributed by atoms with Crippen molar-refractivity contribution in [1.82, 2.24) is 9.97 Å². The highest BCUT2D eigenvalue weighted by Gasteiger charge is 2.07. The molecular formula is C8H9N3S. The minimum absolute atomic E-state index is 0.845. The zero-order valence-electron chi connectivity index (χ0n) is 6.74. The molecule has 2 aromatic heterocycles. The quantitative estimate of drug-likeness (QED) is 0.726. The van der Waals surface area contributed by atoms with Crippen molar-refractivity contribution in [1.29, 1.82) is 0 Å². The Morgan fingerprint density at radius 3 is 3.08 bits per heavy atom. The van der Waals surface area contributed by atoms with Crippen molar-refractivity contribution in [2.45, 2.75) is 13.3 Å². The second-order valence-electron chi connectivity index (χ2n) is 2.53. The molecule has 2 rings (SSSR count). The highest BCUT2D eigenvalue weighted by Crippen LogP contribution is 2.31. The van der Waals surface area contributed by atoms with Gasteiger partial charge in [-0.05, 0) is 6.42 Å². The summed E-state index contributed by atoms with van der Waals surface area (Å²) < 4.78 is 0. The highest BCUT2D eigenvalue weighted by molar-refractivity contribution is 7.19. The first-order chi connectivity index (χ1) is 5.83. The number of aryl methyl sites for hydroxylation is 1. The highest BCUT2D eigenvalue weighted by atomic mass is 32.1. The molecule has 12 heavy (non-hydrogen) atoms. The van der Waals surface area contributed by atoms with Crippen LogP contribution in [-0.2, 0) is 6.42 Å². The largest absolute Gasteiger partial charge is 0.397 e. The van der Waals surface area contributed by atoms with Crippen molar-refractivity contribution in [3.8, 4) is 0 Å². The standard InChI is InChI=1S/C8H9N3S/c1-2-6-7(9)5-3-10-4-11-8(5)12-6/h3-4H,2,9H2,1H3. The van der Waals surface area contributed by atoms with Gasteiger partial charge in [-0.25, -0.2) is 9.97 Å². The van der Waals surface area contributed by atoms with Gasteiger partial charge in [0.1, 0.15) is 11.2 Å². The maximum Gasteiger partial charge on any atom is 0.129 e. The summed E-state index contributed by atoms with van der Waals surface area (Å²) in [7, 11) is 0. The number of fused-ring (bicyclic) bond motifs is 1. The van der Waals surface area contributed by atoms with Gasteiger partial charge in [-0.15, -0.1) is 11.3 Å². The van der Waals surface area contributed by atoms with E-state index in [0.717, 1.165) is 22.3 Å². The van der Waals surface area contributed by atoms with Crippen LogP contribution in [-0.4, -0.2) is 9.97 Å². The zero-order chi connectivity index (χ0) is 8.55. The lowest BCUT2D eigenvalue weighted by Gasteiger charge is -1.90. The fraction of sp³-hybridized carbons (Fsp3) is 0.250. The predicted octanol–water partition coefficient (Wildman–Crippen LogP) is 1.84. The fourth-order valence-corrected chi connectivity index (χ4v) is 2.14. The average molecular weight is 179 g/mol. The number of aromatic nitrogens is 2. The van der Waals surface area contributed by atoms with Gasteiger partial charge in [-0.1, -0.05) is 6.92 Å². The van der Waals surface area contributed by atoms with Crippen LogP contribution in [0.15, 0.2) is 12.5 Å². The summed E-state index contributed by atoms with van der Waals surface area (Å²) in [6.45, 7) is 2.09.